The van der Waals surface area contributed by atoms with Crippen molar-refractivity contribution in [2.24, 2.45) is 0 Å². The van der Waals surface area contributed by atoms with E-state index in [4.69, 9.17) is 9.47 Å². The molecule has 0 spiro atoms. The second kappa shape index (κ2) is 6.64. The molecule has 0 aliphatic carbocycles. The molecule has 118 valence electrons. The highest BCUT2D eigenvalue weighted by Gasteiger charge is 2.17. The van der Waals surface area contributed by atoms with Crippen molar-refractivity contribution in [3.8, 4) is 11.4 Å². The first kappa shape index (κ1) is 16.7. The van der Waals surface area contributed by atoms with Crippen molar-refractivity contribution in [1.82, 2.24) is 9.78 Å². The zero-order valence-corrected chi connectivity index (χ0v) is 14.6. The van der Waals surface area contributed by atoms with Gasteiger partial charge in [0.1, 0.15) is 9.30 Å². The fraction of sp³-hybridized carbons (Fsp3) is 0.333. The van der Waals surface area contributed by atoms with E-state index in [9.17, 15) is 9.18 Å². The average Bonchev–Trinajstić information content (AvgIpc) is 2.82. The maximum absolute atomic E-state index is 14.0. The van der Waals surface area contributed by atoms with Gasteiger partial charge in [0, 0.05) is 12.3 Å². The maximum Gasteiger partial charge on any atom is 0.344 e. The molecule has 2 aromatic rings. The standard InChI is InChI=1S/C15H16FIN2O3/c1-15(2,3)22-14(20)9-21-12-5-4-10(8-11(12)16)19-7-6-13(17)18-19/h4-8H,9H2,1-3H3. The van der Waals surface area contributed by atoms with Gasteiger partial charge in [-0.2, -0.15) is 5.10 Å². The molecular formula is C15H16FIN2O3. The van der Waals surface area contributed by atoms with Gasteiger partial charge in [0.05, 0.1) is 5.69 Å². The largest absolute Gasteiger partial charge is 0.479 e. The summed E-state index contributed by atoms with van der Waals surface area (Å²) in [5.41, 5.74) is -0.0230. The average molecular weight is 418 g/mol. The Morgan fingerprint density at radius 1 is 1.36 bits per heavy atom. The van der Waals surface area contributed by atoms with E-state index in [1.807, 2.05) is 6.07 Å². The minimum absolute atomic E-state index is 0.00328. The smallest absolute Gasteiger partial charge is 0.344 e. The van der Waals surface area contributed by atoms with Gasteiger partial charge < -0.3 is 9.47 Å². The molecule has 1 aromatic carbocycles. The third kappa shape index (κ3) is 4.69. The number of aromatic nitrogens is 2. The van der Waals surface area contributed by atoms with Crippen molar-refractivity contribution >= 4 is 28.6 Å². The van der Waals surface area contributed by atoms with Crippen LogP contribution in [0.1, 0.15) is 20.8 Å². The molecule has 7 heteroatoms. The van der Waals surface area contributed by atoms with Crippen LogP contribution in [0.25, 0.3) is 5.69 Å². The second-order valence-corrected chi connectivity index (χ2v) is 6.68. The van der Waals surface area contributed by atoms with Gasteiger partial charge in [-0.05, 0) is 61.6 Å². The molecule has 5 nitrogen and oxygen atoms in total. The van der Waals surface area contributed by atoms with Crippen LogP contribution in [0.4, 0.5) is 4.39 Å². The van der Waals surface area contributed by atoms with E-state index in [0.717, 1.165) is 3.70 Å². The lowest BCUT2D eigenvalue weighted by Gasteiger charge is -2.19. The monoisotopic (exact) mass is 418 g/mol. The van der Waals surface area contributed by atoms with Gasteiger partial charge in [-0.1, -0.05) is 0 Å². The highest BCUT2D eigenvalue weighted by Crippen LogP contribution is 2.21. The molecule has 2 rings (SSSR count). The Kier molecular flexibility index (Phi) is 5.05. The van der Waals surface area contributed by atoms with Crippen LogP contribution < -0.4 is 4.74 Å². The minimum Gasteiger partial charge on any atom is -0.479 e. The van der Waals surface area contributed by atoms with Crippen LogP contribution in [-0.4, -0.2) is 28.0 Å². The van der Waals surface area contributed by atoms with Crippen LogP contribution in [-0.2, 0) is 9.53 Å². The molecule has 0 saturated heterocycles. The lowest BCUT2D eigenvalue weighted by molar-refractivity contribution is -0.157. The van der Waals surface area contributed by atoms with Crippen molar-refractivity contribution in [2.75, 3.05) is 6.61 Å². The summed E-state index contributed by atoms with van der Waals surface area (Å²) in [6.45, 7) is 4.93. The van der Waals surface area contributed by atoms with E-state index >= 15 is 0 Å². The van der Waals surface area contributed by atoms with E-state index in [1.54, 1.807) is 37.7 Å². The highest BCUT2D eigenvalue weighted by atomic mass is 127. The second-order valence-electron chi connectivity index (χ2n) is 5.57. The molecular weight excluding hydrogens is 402 g/mol. The van der Waals surface area contributed by atoms with Crippen LogP contribution in [0.2, 0.25) is 0 Å². The normalized spacial score (nSPS) is 11.3. The van der Waals surface area contributed by atoms with Gasteiger partial charge in [0.15, 0.2) is 18.2 Å². The quantitative estimate of drug-likeness (QED) is 0.565. The summed E-state index contributed by atoms with van der Waals surface area (Å²) in [5, 5.41) is 4.19. The molecule has 0 amide bonds. The van der Waals surface area contributed by atoms with Crippen molar-refractivity contribution in [3.05, 3.63) is 40.0 Å². The summed E-state index contributed by atoms with van der Waals surface area (Å²) >= 11 is 2.07. The van der Waals surface area contributed by atoms with E-state index in [1.165, 1.54) is 12.1 Å². The summed E-state index contributed by atoms with van der Waals surface area (Å²) in [5.74, 6) is -1.11. The zero-order chi connectivity index (χ0) is 16.3. The number of hydrogen-bond donors (Lipinski definition) is 0. The number of rotatable bonds is 4. The molecule has 0 aliphatic rings. The molecule has 1 heterocycles. The van der Waals surface area contributed by atoms with Gasteiger partial charge in [-0.25, -0.2) is 13.9 Å². The number of hydrogen-bond acceptors (Lipinski definition) is 4. The highest BCUT2D eigenvalue weighted by molar-refractivity contribution is 14.1. The lowest BCUT2D eigenvalue weighted by Crippen LogP contribution is -2.27. The fourth-order valence-corrected chi connectivity index (χ4v) is 2.10. The first-order chi connectivity index (χ1) is 10.2. The fourth-order valence-electron chi connectivity index (χ4n) is 1.70. The van der Waals surface area contributed by atoms with Gasteiger partial charge >= 0.3 is 5.97 Å². The maximum atomic E-state index is 14.0. The Bertz CT molecular complexity index is 680. The van der Waals surface area contributed by atoms with Crippen molar-refractivity contribution < 1.29 is 18.7 Å². The number of nitrogens with zero attached hydrogens (tertiary/aromatic N) is 2. The SMILES string of the molecule is CC(C)(C)OC(=O)COc1ccc(-n2ccc(I)n2)cc1F. The van der Waals surface area contributed by atoms with E-state index in [0.29, 0.717) is 5.69 Å². The number of esters is 1. The van der Waals surface area contributed by atoms with Gasteiger partial charge in [0.25, 0.3) is 0 Å². The van der Waals surface area contributed by atoms with Gasteiger partial charge in [0.2, 0.25) is 0 Å². The van der Waals surface area contributed by atoms with Crippen LogP contribution in [0, 0.1) is 9.52 Å². The van der Waals surface area contributed by atoms with Gasteiger partial charge in [-0.15, -0.1) is 0 Å². The Morgan fingerprint density at radius 3 is 2.64 bits per heavy atom. The summed E-state index contributed by atoms with van der Waals surface area (Å²) in [6, 6.07) is 6.24. The van der Waals surface area contributed by atoms with E-state index in [2.05, 4.69) is 27.7 Å². The number of ether oxygens (including phenoxy) is 2. The molecule has 1 aromatic heterocycles. The molecule has 0 bridgehead atoms. The molecule has 0 N–H and O–H groups in total. The third-order valence-corrected chi connectivity index (χ3v) is 3.08. The topological polar surface area (TPSA) is 53.4 Å². The first-order valence-corrected chi connectivity index (χ1v) is 7.68. The minimum atomic E-state index is -0.597. The molecule has 0 fully saturated rings. The predicted molar refractivity (Wildman–Crippen MR) is 87.6 cm³/mol. The van der Waals surface area contributed by atoms with Crippen LogP contribution in [0.5, 0.6) is 5.75 Å². The third-order valence-electron chi connectivity index (χ3n) is 2.50. The molecule has 0 aliphatic heterocycles. The zero-order valence-electron chi connectivity index (χ0n) is 12.5. The van der Waals surface area contributed by atoms with Crippen LogP contribution in [0.15, 0.2) is 30.5 Å². The summed E-state index contributed by atoms with van der Waals surface area (Å²) < 4.78 is 26.6. The summed E-state index contributed by atoms with van der Waals surface area (Å²) in [6.07, 6.45) is 1.73. The summed E-state index contributed by atoms with van der Waals surface area (Å²) in [4.78, 5) is 11.5. The Hall–Kier alpha value is -1.64. The predicted octanol–water partition coefficient (Wildman–Crippen LogP) is 3.34. The Labute approximate surface area is 141 Å². The van der Waals surface area contributed by atoms with E-state index in [-0.39, 0.29) is 12.4 Å². The molecule has 0 unspecified atom stereocenters. The van der Waals surface area contributed by atoms with Crippen molar-refractivity contribution in [3.63, 3.8) is 0 Å². The lowest BCUT2D eigenvalue weighted by atomic mass is 10.2. The number of halogens is 2. The van der Waals surface area contributed by atoms with Crippen molar-refractivity contribution in [1.29, 1.82) is 0 Å². The number of benzene rings is 1. The van der Waals surface area contributed by atoms with Crippen molar-refractivity contribution in [2.45, 2.75) is 26.4 Å². The van der Waals surface area contributed by atoms with E-state index < -0.39 is 17.4 Å². The molecule has 0 radical (unpaired) electrons. The van der Waals surface area contributed by atoms with Crippen LogP contribution in [0.3, 0.4) is 0 Å². The number of carbonyl (C=O) groups excluding carboxylic acids is 1. The first-order valence-electron chi connectivity index (χ1n) is 6.60. The Balaban J connectivity index is 2.03. The van der Waals surface area contributed by atoms with Gasteiger partial charge in [-0.3, -0.25) is 0 Å². The summed E-state index contributed by atoms with van der Waals surface area (Å²) in [7, 11) is 0. The molecule has 0 saturated carbocycles. The molecule has 22 heavy (non-hydrogen) atoms. The Morgan fingerprint density at radius 2 is 2.09 bits per heavy atom. The molecule has 0 atom stereocenters. The number of carbonyl (C=O) groups is 1. The van der Waals surface area contributed by atoms with Crippen LogP contribution >= 0.6 is 22.6 Å².